The quantitative estimate of drug-likeness (QED) is 0.797. The molecule has 1 aromatic carbocycles. The summed E-state index contributed by atoms with van der Waals surface area (Å²) in [5.41, 5.74) is 0.961. The Bertz CT molecular complexity index is 468. The van der Waals surface area contributed by atoms with Gasteiger partial charge in [-0.2, -0.15) is 5.10 Å². The number of nitrogens with zero attached hydrogens (tertiary/aromatic N) is 2. The average molecular weight is 261 g/mol. The number of rotatable bonds is 7. The number of nitrogens with one attached hydrogen (secondary N) is 1. The lowest BCUT2D eigenvalue weighted by atomic mass is 10.3. The van der Waals surface area contributed by atoms with E-state index in [4.69, 9.17) is 4.74 Å². The van der Waals surface area contributed by atoms with Gasteiger partial charge in [0.2, 0.25) is 0 Å². The molecule has 2 N–H and O–H groups in total. The van der Waals surface area contributed by atoms with Crippen molar-refractivity contribution in [3.8, 4) is 5.75 Å². The van der Waals surface area contributed by atoms with E-state index < -0.39 is 6.10 Å². The molecule has 0 spiro atoms. The lowest BCUT2D eigenvalue weighted by Gasteiger charge is -2.13. The van der Waals surface area contributed by atoms with Crippen LogP contribution in [0.25, 0.3) is 0 Å². The monoisotopic (exact) mass is 261 g/mol. The summed E-state index contributed by atoms with van der Waals surface area (Å²) in [4.78, 5) is 0. The molecule has 102 valence electrons. The second-order valence-corrected chi connectivity index (χ2v) is 4.22. The maximum absolute atomic E-state index is 9.87. The standard InChI is InChI=1S/C14H19N3O2/c1-2-19-14-6-4-12(5-7-14)15-10-13(18)11-17-9-3-8-16-17/h3-9,13,15,18H,2,10-11H2,1H3. The van der Waals surface area contributed by atoms with Crippen LogP contribution in [0.5, 0.6) is 5.75 Å². The fourth-order valence-corrected chi connectivity index (χ4v) is 1.76. The predicted octanol–water partition coefficient (Wildman–Crippen LogP) is 1.75. The Morgan fingerprint density at radius 3 is 2.79 bits per heavy atom. The molecule has 0 aliphatic carbocycles. The van der Waals surface area contributed by atoms with Gasteiger partial charge in [-0.05, 0) is 37.3 Å². The Balaban J connectivity index is 1.78. The number of hydrogen-bond donors (Lipinski definition) is 2. The molecule has 1 aromatic heterocycles. The number of hydrogen-bond acceptors (Lipinski definition) is 4. The molecule has 0 aliphatic rings. The van der Waals surface area contributed by atoms with Crippen LogP contribution in [0.1, 0.15) is 6.92 Å². The molecule has 2 rings (SSSR count). The van der Waals surface area contributed by atoms with E-state index in [0.29, 0.717) is 19.7 Å². The minimum atomic E-state index is -0.480. The van der Waals surface area contributed by atoms with Crippen LogP contribution in [0, 0.1) is 0 Å². The fraction of sp³-hybridized carbons (Fsp3) is 0.357. The van der Waals surface area contributed by atoms with Crippen LogP contribution in [-0.4, -0.2) is 34.1 Å². The third kappa shape index (κ3) is 4.30. The minimum Gasteiger partial charge on any atom is -0.494 e. The zero-order chi connectivity index (χ0) is 13.5. The molecule has 19 heavy (non-hydrogen) atoms. The van der Waals surface area contributed by atoms with Gasteiger partial charge < -0.3 is 15.2 Å². The molecule has 1 atom stereocenters. The maximum atomic E-state index is 9.87. The largest absolute Gasteiger partial charge is 0.494 e. The van der Waals surface area contributed by atoms with Crippen molar-refractivity contribution >= 4 is 5.69 Å². The van der Waals surface area contributed by atoms with E-state index in [1.807, 2.05) is 43.5 Å². The number of aromatic nitrogens is 2. The van der Waals surface area contributed by atoms with Crippen LogP contribution in [0.2, 0.25) is 0 Å². The molecule has 0 fully saturated rings. The van der Waals surface area contributed by atoms with Gasteiger partial charge in [0, 0.05) is 24.6 Å². The first-order chi connectivity index (χ1) is 9.28. The molecule has 0 radical (unpaired) electrons. The van der Waals surface area contributed by atoms with E-state index in [1.54, 1.807) is 10.9 Å². The summed E-state index contributed by atoms with van der Waals surface area (Å²) in [6, 6.07) is 9.53. The topological polar surface area (TPSA) is 59.3 Å². The first kappa shape index (κ1) is 13.4. The van der Waals surface area contributed by atoms with E-state index >= 15 is 0 Å². The van der Waals surface area contributed by atoms with Crippen molar-refractivity contribution in [2.75, 3.05) is 18.5 Å². The molecule has 1 unspecified atom stereocenters. The molecular weight excluding hydrogens is 242 g/mol. The number of benzene rings is 1. The third-order valence-corrected chi connectivity index (χ3v) is 2.66. The van der Waals surface area contributed by atoms with Crippen molar-refractivity contribution in [1.82, 2.24) is 9.78 Å². The lowest BCUT2D eigenvalue weighted by Crippen LogP contribution is -2.25. The second kappa shape index (κ2) is 6.80. The van der Waals surface area contributed by atoms with Crippen molar-refractivity contribution in [2.24, 2.45) is 0 Å². The molecule has 0 bridgehead atoms. The Morgan fingerprint density at radius 2 is 2.16 bits per heavy atom. The van der Waals surface area contributed by atoms with E-state index in [0.717, 1.165) is 11.4 Å². The first-order valence-corrected chi connectivity index (χ1v) is 6.40. The molecule has 2 aromatic rings. The molecule has 0 amide bonds. The summed E-state index contributed by atoms with van der Waals surface area (Å²) >= 11 is 0. The van der Waals surface area contributed by atoms with E-state index in [1.165, 1.54) is 0 Å². The fourth-order valence-electron chi connectivity index (χ4n) is 1.76. The van der Waals surface area contributed by atoms with E-state index in [-0.39, 0.29) is 0 Å². The molecule has 5 heteroatoms. The maximum Gasteiger partial charge on any atom is 0.119 e. The van der Waals surface area contributed by atoms with Gasteiger partial charge in [0.05, 0.1) is 19.3 Å². The van der Waals surface area contributed by atoms with Gasteiger partial charge in [-0.25, -0.2) is 0 Å². The van der Waals surface area contributed by atoms with Crippen molar-refractivity contribution in [2.45, 2.75) is 19.6 Å². The Kier molecular flexibility index (Phi) is 4.80. The highest BCUT2D eigenvalue weighted by atomic mass is 16.5. The Labute approximate surface area is 112 Å². The number of aliphatic hydroxyl groups excluding tert-OH is 1. The molecule has 5 nitrogen and oxygen atoms in total. The summed E-state index contributed by atoms with van der Waals surface area (Å²) in [5.74, 6) is 0.852. The number of aliphatic hydroxyl groups is 1. The average Bonchev–Trinajstić information content (AvgIpc) is 2.91. The Hall–Kier alpha value is -2.01. The van der Waals surface area contributed by atoms with Gasteiger partial charge in [-0.3, -0.25) is 4.68 Å². The van der Waals surface area contributed by atoms with Gasteiger partial charge >= 0.3 is 0 Å². The highest BCUT2D eigenvalue weighted by Crippen LogP contribution is 2.15. The lowest BCUT2D eigenvalue weighted by molar-refractivity contribution is 0.161. The van der Waals surface area contributed by atoms with Crippen LogP contribution in [0.15, 0.2) is 42.7 Å². The zero-order valence-electron chi connectivity index (χ0n) is 11.0. The summed E-state index contributed by atoms with van der Waals surface area (Å²) in [6.45, 7) is 3.58. The van der Waals surface area contributed by atoms with Crippen LogP contribution in [0.4, 0.5) is 5.69 Å². The normalized spacial score (nSPS) is 12.1. The van der Waals surface area contributed by atoms with Crippen LogP contribution < -0.4 is 10.1 Å². The summed E-state index contributed by atoms with van der Waals surface area (Å²) in [7, 11) is 0. The van der Waals surface area contributed by atoms with Gasteiger partial charge in [0.15, 0.2) is 0 Å². The van der Waals surface area contributed by atoms with Crippen molar-refractivity contribution < 1.29 is 9.84 Å². The summed E-state index contributed by atoms with van der Waals surface area (Å²) in [6.07, 6.45) is 3.05. The number of ether oxygens (including phenoxy) is 1. The second-order valence-electron chi connectivity index (χ2n) is 4.22. The summed E-state index contributed by atoms with van der Waals surface area (Å²) in [5, 5.41) is 17.1. The Morgan fingerprint density at radius 1 is 1.37 bits per heavy atom. The SMILES string of the molecule is CCOc1ccc(NCC(O)Cn2cccn2)cc1. The van der Waals surface area contributed by atoms with Crippen LogP contribution >= 0.6 is 0 Å². The molecule has 0 saturated heterocycles. The zero-order valence-corrected chi connectivity index (χ0v) is 11.0. The van der Waals surface area contributed by atoms with E-state index in [2.05, 4.69) is 10.4 Å². The van der Waals surface area contributed by atoms with Crippen molar-refractivity contribution in [3.05, 3.63) is 42.7 Å². The van der Waals surface area contributed by atoms with Crippen LogP contribution in [-0.2, 0) is 6.54 Å². The highest BCUT2D eigenvalue weighted by molar-refractivity contribution is 5.46. The van der Waals surface area contributed by atoms with Gasteiger partial charge in [0.1, 0.15) is 5.75 Å². The van der Waals surface area contributed by atoms with Gasteiger partial charge in [-0.15, -0.1) is 0 Å². The van der Waals surface area contributed by atoms with Gasteiger partial charge in [-0.1, -0.05) is 0 Å². The molecular formula is C14H19N3O2. The summed E-state index contributed by atoms with van der Waals surface area (Å²) < 4.78 is 7.08. The van der Waals surface area contributed by atoms with E-state index in [9.17, 15) is 5.11 Å². The first-order valence-electron chi connectivity index (χ1n) is 6.40. The van der Waals surface area contributed by atoms with Gasteiger partial charge in [0.25, 0.3) is 0 Å². The molecule has 0 aliphatic heterocycles. The smallest absolute Gasteiger partial charge is 0.119 e. The third-order valence-electron chi connectivity index (χ3n) is 2.66. The highest BCUT2D eigenvalue weighted by Gasteiger charge is 2.05. The molecule has 0 saturated carbocycles. The van der Waals surface area contributed by atoms with Crippen LogP contribution in [0.3, 0.4) is 0 Å². The molecule has 1 heterocycles. The minimum absolute atomic E-state index is 0.480. The number of anilines is 1. The van der Waals surface area contributed by atoms with Crippen molar-refractivity contribution in [3.63, 3.8) is 0 Å². The predicted molar refractivity (Wildman–Crippen MR) is 74.3 cm³/mol. The van der Waals surface area contributed by atoms with Crippen molar-refractivity contribution in [1.29, 1.82) is 0 Å².